The molecule has 1 aliphatic carbocycles. The van der Waals surface area contributed by atoms with Crippen LogP contribution >= 0.6 is 0 Å². The van der Waals surface area contributed by atoms with Crippen LogP contribution in [-0.2, 0) is 6.54 Å². The molecule has 0 amide bonds. The highest BCUT2D eigenvalue weighted by atomic mass is 16.3. The van der Waals surface area contributed by atoms with Gasteiger partial charge < -0.3 is 10.2 Å². The summed E-state index contributed by atoms with van der Waals surface area (Å²) in [5, 5.41) is 0. The monoisotopic (exact) mass is 188 g/mol. The van der Waals surface area contributed by atoms with Gasteiger partial charge in [0.1, 0.15) is 5.52 Å². The Morgan fingerprint density at radius 1 is 1.43 bits per heavy atom. The Morgan fingerprint density at radius 3 is 3.00 bits per heavy atom. The SMILES string of the molecule is NCc1ccc2nc(C3CC3)oc2c1. The van der Waals surface area contributed by atoms with Crippen LogP contribution in [0.3, 0.4) is 0 Å². The van der Waals surface area contributed by atoms with Crippen LogP contribution in [0.15, 0.2) is 22.6 Å². The number of hydrogen-bond acceptors (Lipinski definition) is 3. The Morgan fingerprint density at radius 2 is 2.29 bits per heavy atom. The molecule has 1 fully saturated rings. The second-order valence-electron chi connectivity index (χ2n) is 3.83. The van der Waals surface area contributed by atoms with Crippen LogP contribution in [0.1, 0.15) is 30.2 Å². The Labute approximate surface area is 81.9 Å². The van der Waals surface area contributed by atoms with Gasteiger partial charge >= 0.3 is 0 Å². The third-order valence-electron chi connectivity index (χ3n) is 2.63. The molecule has 3 heteroatoms. The van der Waals surface area contributed by atoms with E-state index >= 15 is 0 Å². The van der Waals surface area contributed by atoms with E-state index in [9.17, 15) is 0 Å². The molecule has 0 bridgehead atoms. The molecule has 3 nitrogen and oxygen atoms in total. The van der Waals surface area contributed by atoms with Gasteiger partial charge in [0.05, 0.1) is 0 Å². The lowest BCUT2D eigenvalue weighted by atomic mass is 10.2. The molecule has 3 rings (SSSR count). The lowest BCUT2D eigenvalue weighted by molar-refractivity contribution is 0.533. The lowest BCUT2D eigenvalue weighted by Crippen LogP contribution is -1.94. The Hall–Kier alpha value is -1.35. The van der Waals surface area contributed by atoms with Gasteiger partial charge in [-0.1, -0.05) is 6.07 Å². The second-order valence-corrected chi connectivity index (χ2v) is 3.83. The summed E-state index contributed by atoms with van der Waals surface area (Å²) < 4.78 is 5.67. The molecular weight excluding hydrogens is 176 g/mol. The Balaban J connectivity index is 2.12. The largest absolute Gasteiger partial charge is 0.440 e. The molecule has 2 aromatic rings. The van der Waals surface area contributed by atoms with Crippen LogP contribution < -0.4 is 5.73 Å². The zero-order valence-corrected chi connectivity index (χ0v) is 7.86. The highest BCUT2D eigenvalue weighted by Gasteiger charge is 2.28. The zero-order valence-electron chi connectivity index (χ0n) is 7.86. The quantitative estimate of drug-likeness (QED) is 0.785. The fraction of sp³-hybridized carbons (Fsp3) is 0.364. The summed E-state index contributed by atoms with van der Waals surface area (Å²) in [6.45, 7) is 0.551. The molecule has 1 aromatic carbocycles. The van der Waals surface area contributed by atoms with E-state index < -0.39 is 0 Å². The number of oxazole rings is 1. The highest BCUT2D eigenvalue weighted by molar-refractivity contribution is 5.73. The normalized spacial score (nSPS) is 16.4. The first-order valence-corrected chi connectivity index (χ1v) is 4.96. The minimum absolute atomic E-state index is 0.551. The zero-order chi connectivity index (χ0) is 9.54. The molecule has 0 atom stereocenters. The van der Waals surface area contributed by atoms with Gasteiger partial charge in [0, 0.05) is 12.5 Å². The molecule has 0 saturated heterocycles. The van der Waals surface area contributed by atoms with Crippen LogP contribution in [0.2, 0.25) is 0 Å². The van der Waals surface area contributed by atoms with E-state index in [1.807, 2.05) is 18.2 Å². The maximum absolute atomic E-state index is 5.67. The summed E-state index contributed by atoms with van der Waals surface area (Å²) in [6, 6.07) is 5.96. The molecule has 14 heavy (non-hydrogen) atoms. The minimum atomic E-state index is 0.551. The van der Waals surface area contributed by atoms with Crippen molar-refractivity contribution in [1.82, 2.24) is 4.98 Å². The van der Waals surface area contributed by atoms with Gasteiger partial charge in [0.15, 0.2) is 11.5 Å². The summed E-state index contributed by atoms with van der Waals surface area (Å²) in [5.41, 5.74) is 8.47. The number of fused-ring (bicyclic) bond motifs is 1. The molecule has 0 unspecified atom stereocenters. The molecule has 72 valence electrons. The number of nitrogens with zero attached hydrogens (tertiary/aromatic N) is 1. The minimum Gasteiger partial charge on any atom is -0.440 e. The Bertz CT molecular complexity index is 471. The number of rotatable bonds is 2. The van der Waals surface area contributed by atoms with Gasteiger partial charge in [-0.3, -0.25) is 0 Å². The molecule has 1 aromatic heterocycles. The van der Waals surface area contributed by atoms with Gasteiger partial charge in [-0.15, -0.1) is 0 Å². The highest BCUT2D eigenvalue weighted by Crippen LogP contribution is 2.40. The first-order valence-electron chi connectivity index (χ1n) is 4.96. The van der Waals surface area contributed by atoms with Crippen LogP contribution in [0.5, 0.6) is 0 Å². The van der Waals surface area contributed by atoms with E-state index in [1.165, 1.54) is 12.8 Å². The van der Waals surface area contributed by atoms with E-state index in [4.69, 9.17) is 10.2 Å². The van der Waals surface area contributed by atoms with Crippen molar-refractivity contribution in [2.24, 2.45) is 5.73 Å². The number of nitrogens with two attached hydrogens (primary N) is 1. The van der Waals surface area contributed by atoms with Crippen molar-refractivity contribution in [2.75, 3.05) is 0 Å². The average Bonchev–Trinajstić information content (AvgIpc) is 2.97. The van der Waals surface area contributed by atoms with Crippen molar-refractivity contribution < 1.29 is 4.42 Å². The fourth-order valence-electron chi connectivity index (χ4n) is 1.62. The summed E-state index contributed by atoms with van der Waals surface area (Å²) in [7, 11) is 0. The maximum Gasteiger partial charge on any atom is 0.198 e. The van der Waals surface area contributed by atoms with Crippen LogP contribution in [0.25, 0.3) is 11.1 Å². The van der Waals surface area contributed by atoms with Crippen molar-refractivity contribution in [3.8, 4) is 0 Å². The van der Waals surface area contributed by atoms with Crippen molar-refractivity contribution in [2.45, 2.75) is 25.3 Å². The predicted molar refractivity (Wildman–Crippen MR) is 53.9 cm³/mol. The molecule has 1 heterocycles. The molecule has 1 aliphatic rings. The molecule has 0 radical (unpaired) electrons. The summed E-state index contributed by atoms with van der Waals surface area (Å²) in [6.07, 6.45) is 2.44. The van der Waals surface area contributed by atoms with Gasteiger partial charge in [0.25, 0.3) is 0 Å². The number of aromatic nitrogens is 1. The van der Waals surface area contributed by atoms with Gasteiger partial charge in [-0.05, 0) is 30.5 Å². The third-order valence-corrected chi connectivity index (χ3v) is 2.63. The lowest BCUT2D eigenvalue weighted by Gasteiger charge is -1.92. The van der Waals surface area contributed by atoms with Gasteiger partial charge in [0.2, 0.25) is 0 Å². The first-order chi connectivity index (χ1) is 6.86. The molecule has 1 saturated carbocycles. The van der Waals surface area contributed by atoms with E-state index in [-0.39, 0.29) is 0 Å². The number of benzene rings is 1. The molecule has 0 spiro atoms. The molecular formula is C11H12N2O. The van der Waals surface area contributed by atoms with Crippen molar-refractivity contribution in [3.05, 3.63) is 29.7 Å². The van der Waals surface area contributed by atoms with E-state index in [1.54, 1.807) is 0 Å². The smallest absolute Gasteiger partial charge is 0.198 e. The van der Waals surface area contributed by atoms with E-state index in [2.05, 4.69) is 4.98 Å². The average molecular weight is 188 g/mol. The topological polar surface area (TPSA) is 52.0 Å². The van der Waals surface area contributed by atoms with Crippen molar-refractivity contribution >= 4 is 11.1 Å². The van der Waals surface area contributed by atoms with Crippen molar-refractivity contribution in [1.29, 1.82) is 0 Å². The molecule has 2 N–H and O–H groups in total. The first kappa shape index (κ1) is 8.00. The predicted octanol–water partition coefficient (Wildman–Crippen LogP) is 2.16. The maximum atomic E-state index is 5.67. The van der Waals surface area contributed by atoms with E-state index in [0.29, 0.717) is 12.5 Å². The summed E-state index contributed by atoms with van der Waals surface area (Å²) in [4.78, 5) is 4.44. The summed E-state index contributed by atoms with van der Waals surface area (Å²) >= 11 is 0. The van der Waals surface area contributed by atoms with Crippen LogP contribution in [0.4, 0.5) is 0 Å². The van der Waals surface area contributed by atoms with Crippen molar-refractivity contribution in [3.63, 3.8) is 0 Å². The van der Waals surface area contributed by atoms with Crippen LogP contribution in [0, 0.1) is 0 Å². The van der Waals surface area contributed by atoms with Gasteiger partial charge in [-0.2, -0.15) is 0 Å². The Kier molecular flexibility index (Phi) is 1.61. The second kappa shape index (κ2) is 2.82. The molecule has 0 aliphatic heterocycles. The van der Waals surface area contributed by atoms with Crippen LogP contribution in [-0.4, -0.2) is 4.98 Å². The summed E-state index contributed by atoms with van der Waals surface area (Å²) in [5.74, 6) is 1.47. The fourth-order valence-corrected chi connectivity index (χ4v) is 1.62. The van der Waals surface area contributed by atoms with Gasteiger partial charge in [-0.25, -0.2) is 4.98 Å². The number of hydrogen-bond donors (Lipinski definition) is 1. The van der Waals surface area contributed by atoms with E-state index in [0.717, 1.165) is 22.6 Å². The third kappa shape index (κ3) is 1.21. The standard InChI is InChI=1S/C11H12N2O/c12-6-7-1-4-9-10(5-7)14-11(13-9)8-2-3-8/h1,4-5,8H,2-3,6,12H2.